The van der Waals surface area contributed by atoms with Crippen LogP contribution in [0.5, 0.6) is 5.75 Å². The van der Waals surface area contributed by atoms with Crippen molar-refractivity contribution in [3.05, 3.63) is 29.6 Å². The van der Waals surface area contributed by atoms with E-state index < -0.39 is 17.8 Å². The molecule has 0 aromatic heterocycles. The molecule has 2 rings (SSSR count). The molecule has 1 aromatic rings. The number of aliphatic carboxylic acids is 1. The van der Waals surface area contributed by atoms with Crippen molar-refractivity contribution in [3.8, 4) is 5.75 Å². The van der Waals surface area contributed by atoms with Gasteiger partial charge in [-0.3, -0.25) is 4.79 Å². The first-order chi connectivity index (χ1) is 7.58. The van der Waals surface area contributed by atoms with Gasteiger partial charge >= 0.3 is 5.97 Å². The largest absolute Gasteiger partial charge is 0.490 e. The number of hydrogen-bond donors (Lipinski definition) is 2. The highest BCUT2D eigenvalue weighted by Crippen LogP contribution is 2.31. The Hall–Kier alpha value is -1.62. The molecule has 1 unspecified atom stereocenters. The predicted octanol–water partition coefficient (Wildman–Crippen LogP) is 1.45. The van der Waals surface area contributed by atoms with Crippen LogP contribution in [0.1, 0.15) is 24.4 Å². The van der Waals surface area contributed by atoms with E-state index in [1.807, 2.05) is 0 Å². The fraction of sp³-hybridized carbons (Fsp3) is 0.364. The lowest BCUT2D eigenvalue weighted by atomic mass is 10.1. The van der Waals surface area contributed by atoms with Crippen LogP contribution in [0.15, 0.2) is 18.2 Å². The van der Waals surface area contributed by atoms with Crippen LogP contribution in [0, 0.1) is 5.82 Å². The molecule has 0 saturated heterocycles. The lowest BCUT2D eigenvalue weighted by molar-refractivity contribution is -0.138. The molecule has 0 radical (unpaired) electrons. The summed E-state index contributed by atoms with van der Waals surface area (Å²) in [6.07, 6.45) is 2.00. The van der Waals surface area contributed by atoms with Gasteiger partial charge in [0.05, 0.1) is 6.10 Å². The van der Waals surface area contributed by atoms with Crippen LogP contribution in [0.4, 0.5) is 4.39 Å². The summed E-state index contributed by atoms with van der Waals surface area (Å²) >= 11 is 0. The molecule has 1 saturated carbocycles. The minimum atomic E-state index is -1.26. The Balaban J connectivity index is 2.30. The third-order valence-electron chi connectivity index (χ3n) is 2.39. The molecular formula is C11H12FNO3. The predicted molar refractivity (Wildman–Crippen MR) is 54.6 cm³/mol. The number of nitrogens with two attached hydrogens (primary N) is 1. The van der Waals surface area contributed by atoms with Crippen LogP contribution in [0.25, 0.3) is 0 Å². The molecule has 0 amide bonds. The van der Waals surface area contributed by atoms with E-state index in [9.17, 15) is 9.18 Å². The zero-order valence-electron chi connectivity index (χ0n) is 8.52. The van der Waals surface area contributed by atoms with Crippen LogP contribution in [-0.2, 0) is 4.79 Å². The van der Waals surface area contributed by atoms with Crippen LogP contribution in [-0.4, -0.2) is 17.2 Å². The summed E-state index contributed by atoms with van der Waals surface area (Å²) in [5, 5.41) is 8.80. The van der Waals surface area contributed by atoms with E-state index in [1.165, 1.54) is 12.1 Å². The Morgan fingerprint density at radius 3 is 2.81 bits per heavy atom. The fourth-order valence-electron chi connectivity index (χ4n) is 1.37. The summed E-state index contributed by atoms with van der Waals surface area (Å²) in [6, 6.07) is 2.50. The van der Waals surface area contributed by atoms with Crippen molar-refractivity contribution in [3.63, 3.8) is 0 Å². The summed E-state index contributed by atoms with van der Waals surface area (Å²) in [7, 11) is 0. The van der Waals surface area contributed by atoms with E-state index in [4.69, 9.17) is 15.6 Å². The Bertz CT molecular complexity index is 418. The van der Waals surface area contributed by atoms with E-state index in [0.29, 0.717) is 5.75 Å². The molecule has 4 nitrogen and oxygen atoms in total. The van der Waals surface area contributed by atoms with Crippen molar-refractivity contribution >= 4 is 5.97 Å². The highest BCUT2D eigenvalue weighted by atomic mass is 19.1. The molecule has 0 aliphatic heterocycles. The molecule has 1 aliphatic rings. The average Bonchev–Trinajstić information content (AvgIpc) is 3.03. The molecule has 16 heavy (non-hydrogen) atoms. The topological polar surface area (TPSA) is 72.6 Å². The maximum absolute atomic E-state index is 13.0. The number of carboxylic acids is 1. The fourth-order valence-corrected chi connectivity index (χ4v) is 1.37. The number of hydrogen-bond acceptors (Lipinski definition) is 3. The molecule has 1 aromatic carbocycles. The first kappa shape index (κ1) is 10.9. The Labute approximate surface area is 91.8 Å². The average molecular weight is 225 g/mol. The molecule has 1 fully saturated rings. The SMILES string of the molecule is NC(C(=O)O)c1cc(F)ccc1OC1CC1. The molecule has 0 spiro atoms. The van der Waals surface area contributed by atoms with Gasteiger partial charge in [0.15, 0.2) is 0 Å². The number of carboxylic acid groups (broad SMARTS) is 1. The molecule has 1 atom stereocenters. The van der Waals surface area contributed by atoms with E-state index in [-0.39, 0.29) is 11.7 Å². The second-order valence-corrected chi connectivity index (χ2v) is 3.82. The minimum absolute atomic E-state index is 0.116. The number of halogens is 1. The first-order valence-electron chi connectivity index (χ1n) is 5.02. The van der Waals surface area contributed by atoms with Gasteiger partial charge in [-0.15, -0.1) is 0 Å². The maximum Gasteiger partial charge on any atom is 0.325 e. The van der Waals surface area contributed by atoms with Crippen molar-refractivity contribution < 1.29 is 19.0 Å². The molecule has 0 bridgehead atoms. The van der Waals surface area contributed by atoms with Gasteiger partial charge in [0.2, 0.25) is 0 Å². The van der Waals surface area contributed by atoms with Gasteiger partial charge in [-0.25, -0.2) is 4.39 Å². The van der Waals surface area contributed by atoms with Crippen LogP contribution in [0.3, 0.4) is 0 Å². The zero-order valence-corrected chi connectivity index (χ0v) is 8.52. The lowest BCUT2D eigenvalue weighted by Gasteiger charge is -2.13. The van der Waals surface area contributed by atoms with Crippen LogP contribution >= 0.6 is 0 Å². The van der Waals surface area contributed by atoms with Gasteiger partial charge < -0.3 is 15.6 Å². The summed E-state index contributed by atoms with van der Waals surface area (Å²) < 4.78 is 18.5. The van der Waals surface area contributed by atoms with E-state index in [2.05, 4.69) is 0 Å². The molecule has 3 N–H and O–H groups in total. The van der Waals surface area contributed by atoms with Gasteiger partial charge in [-0.2, -0.15) is 0 Å². The number of benzene rings is 1. The third kappa shape index (κ3) is 2.30. The monoisotopic (exact) mass is 225 g/mol. The van der Waals surface area contributed by atoms with Gasteiger partial charge in [-0.1, -0.05) is 0 Å². The number of ether oxygens (including phenoxy) is 1. The van der Waals surface area contributed by atoms with Crippen molar-refractivity contribution in [1.82, 2.24) is 0 Å². The van der Waals surface area contributed by atoms with E-state index in [0.717, 1.165) is 18.9 Å². The summed E-state index contributed by atoms with van der Waals surface area (Å²) in [4.78, 5) is 10.8. The zero-order chi connectivity index (χ0) is 11.7. The van der Waals surface area contributed by atoms with Gasteiger partial charge in [0, 0.05) is 5.56 Å². The highest BCUT2D eigenvalue weighted by Gasteiger charge is 2.27. The van der Waals surface area contributed by atoms with Gasteiger partial charge in [0.1, 0.15) is 17.6 Å². The number of rotatable bonds is 4. The Morgan fingerprint density at radius 1 is 1.56 bits per heavy atom. The van der Waals surface area contributed by atoms with Crippen LogP contribution < -0.4 is 10.5 Å². The van der Waals surface area contributed by atoms with Gasteiger partial charge in [0.25, 0.3) is 0 Å². The quantitative estimate of drug-likeness (QED) is 0.813. The van der Waals surface area contributed by atoms with Crippen molar-refractivity contribution in [2.45, 2.75) is 25.0 Å². The molecule has 1 aliphatic carbocycles. The standard InChI is InChI=1S/C11H12FNO3/c12-6-1-4-9(16-7-2-3-7)8(5-6)10(13)11(14)15/h1,4-5,7,10H,2-3,13H2,(H,14,15). The third-order valence-corrected chi connectivity index (χ3v) is 2.39. The van der Waals surface area contributed by atoms with E-state index in [1.54, 1.807) is 0 Å². The molecular weight excluding hydrogens is 213 g/mol. The van der Waals surface area contributed by atoms with Crippen molar-refractivity contribution in [2.24, 2.45) is 5.73 Å². The van der Waals surface area contributed by atoms with E-state index >= 15 is 0 Å². The second-order valence-electron chi connectivity index (χ2n) is 3.82. The summed E-state index contributed by atoms with van der Waals surface area (Å²) in [5.41, 5.74) is 5.64. The highest BCUT2D eigenvalue weighted by molar-refractivity contribution is 5.76. The number of carbonyl (C=O) groups is 1. The van der Waals surface area contributed by atoms with Crippen molar-refractivity contribution in [2.75, 3.05) is 0 Å². The van der Waals surface area contributed by atoms with Gasteiger partial charge in [-0.05, 0) is 31.0 Å². The molecule has 86 valence electrons. The summed E-state index contributed by atoms with van der Waals surface area (Å²) in [5.74, 6) is -1.36. The smallest absolute Gasteiger partial charge is 0.325 e. The maximum atomic E-state index is 13.0. The molecule has 0 heterocycles. The van der Waals surface area contributed by atoms with Crippen LogP contribution in [0.2, 0.25) is 0 Å². The Kier molecular flexibility index (Phi) is 2.78. The minimum Gasteiger partial charge on any atom is -0.490 e. The van der Waals surface area contributed by atoms with Crippen molar-refractivity contribution in [1.29, 1.82) is 0 Å². The molecule has 5 heteroatoms. The normalized spacial score (nSPS) is 16.9. The first-order valence-corrected chi connectivity index (χ1v) is 5.02. The lowest BCUT2D eigenvalue weighted by Crippen LogP contribution is -2.21. The summed E-state index contributed by atoms with van der Waals surface area (Å²) in [6.45, 7) is 0. The second kappa shape index (κ2) is 4.09. The Morgan fingerprint density at radius 2 is 2.25 bits per heavy atom.